The van der Waals surface area contributed by atoms with Crippen molar-refractivity contribution in [3.63, 3.8) is 0 Å². The first kappa shape index (κ1) is 16.0. The van der Waals surface area contributed by atoms with Crippen molar-refractivity contribution in [3.05, 3.63) is 109 Å². The monoisotopic (exact) mass is 332 g/mol. The van der Waals surface area contributed by atoms with E-state index in [1.165, 1.54) is 11.1 Å². The smallest absolute Gasteiger partial charge is 0.0184 e. The van der Waals surface area contributed by atoms with Gasteiger partial charge in [0.05, 0.1) is 0 Å². The van der Waals surface area contributed by atoms with Crippen LogP contribution in [0.5, 0.6) is 0 Å². The van der Waals surface area contributed by atoms with Gasteiger partial charge in [0.1, 0.15) is 0 Å². The molecule has 23 heavy (non-hydrogen) atoms. The van der Waals surface area contributed by atoms with E-state index in [0.29, 0.717) is 0 Å². The molecule has 2 aromatic rings. The van der Waals surface area contributed by atoms with Crippen LogP contribution >= 0.6 is 0 Å². The molecule has 0 aromatic heterocycles. The number of hydrogen-bond donors (Lipinski definition) is 0. The number of benzene rings is 2. The van der Waals surface area contributed by atoms with Gasteiger partial charge in [-0.05, 0) is 11.1 Å². The van der Waals surface area contributed by atoms with Crippen molar-refractivity contribution in [2.24, 2.45) is 0 Å². The normalized spacial score (nSPS) is 15.7. The fourth-order valence-corrected chi connectivity index (χ4v) is 4.65. The Morgan fingerprint density at radius 2 is 0.826 bits per heavy atom. The molecule has 0 nitrogen and oxygen atoms in total. The van der Waals surface area contributed by atoms with E-state index in [2.05, 4.69) is 97.1 Å². The Morgan fingerprint density at radius 1 is 0.478 bits per heavy atom. The quantitative estimate of drug-likeness (QED) is 0.583. The van der Waals surface area contributed by atoms with Gasteiger partial charge in [0, 0.05) is 0 Å². The molecular formula is C22H20Ti. The van der Waals surface area contributed by atoms with Crippen LogP contribution in [0.25, 0.3) is 11.1 Å². The molecule has 0 spiro atoms. The summed E-state index contributed by atoms with van der Waals surface area (Å²) >= 11 is 0.139. The maximum absolute atomic E-state index is 2.32. The molecule has 0 unspecified atom stereocenters. The second kappa shape index (κ2) is 8.67. The van der Waals surface area contributed by atoms with Crippen LogP contribution in [0.2, 0.25) is 8.45 Å². The zero-order valence-corrected chi connectivity index (χ0v) is 14.6. The molecule has 2 aromatic carbocycles. The molecule has 1 heteroatoms. The first-order chi connectivity index (χ1) is 11.4. The third-order valence-corrected chi connectivity index (χ3v) is 6.17. The van der Waals surface area contributed by atoms with E-state index in [1.807, 2.05) is 12.1 Å². The fraction of sp³-hybridized carbons (Fsp3) is 0.0909. The number of hydrogen-bond acceptors (Lipinski definition) is 0. The predicted octanol–water partition coefficient (Wildman–Crippen LogP) is 6.25. The minimum Gasteiger partial charge on any atom is -0.0622 e. The van der Waals surface area contributed by atoms with Gasteiger partial charge in [-0.2, -0.15) is 0 Å². The van der Waals surface area contributed by atoms with Gasteiger partial charge in [0.2, 0.25) is 0 Å². The van der Waals surface area contributed by atoms with E-state index in [4.69, 9.17) is 0 Å². The molecule has 0 atom stereocenters. The summed E-state index contributed by atoms with van der Waals surface area (Å²) in [5.74, 6) is 0. The molecule has 2 aliphatic carbocycles. The van der Waals surface area contributed by atoms with Gasteiger partial charge in [0.25, 0.3) is 0 Å². The molecular weight excluding hydrogens is 312 g/mol. The van der Waals surface area contributed by atoms with Crippen LogP contribution in [-0.4, -0.2) is 0 Å². The van der Waals surface area contributed by atoms with Crippen molar-refractivity contribution in [2.75, 3.05) is 0 Å². The van der Waals surface area contributed by atoms with Gasteiger partial charge in [-0.1, -0.05) is 60.7 Å². The van der Waals surface area contributed by atoms with Crippen molar-refractivity contribution in [3.8, 4) is 11.1 Å². The summed E-state index contributed by atoms with van der Waals surface area (Å²) in [5.41, 5.74) is 2.55. The molecule has 2 aliphatic rings. The second-order valence-electron chi connectivity index (χ2n) is 5.49. The molecule has 0 heterocycles. The first-order valence-electron chi connectivity index (χ1n) is 7.98. The van der Waals surface area contributed by atoms with E-state index in [9.17, 15) is 0 Å². The van der Waals surface area contributed by atoms with Crippen LogP contribution < -0.4 is 0 Å². The molecule has 112 valence electrons. The molecule has 0 N–H and O–H groups in total. The van der Waals surface area contributed by atoms with Crippen LogP contribution in [0, 0.1) is 0 Å². The Hall–Kier alpha value is -1.89. The SMILES string of the molecule is C1=C[CH]([Ti][CH]2C=CC=C2)C=C1.c1ccc(-c2ccccc2)cc1. The zero-order chi connectivity index (χ0) is 15.7. The van der Waals surface area contributed by atoms with Crippen LogP contribution in [0.4, 0.5) is 0 Å². The molecule has 0 radical (unpaired) electrons. The van der Waals surface area contributed by atoms with E-state index in [1.54, 1.807) is 0 Å². The summed E-state index contributed by atoms with van der Waals surface area (Å²) in [6.45, 7) is 0. The van der Waals surface area contributed by atoms with E-state index < -0.39 is 0 Å². The van der Waals surface area contributed by atoms with Gasteiger partial charge in [-0.25, -0.2) is 0 Å². The average molecular weight is 332 g/mol. The van der Waals surface area contributed by atoms with Crippen molar-refractivity contribution >= 4 is 0 Å². The first-order valence-corrected chi connectivity index (χ1v) is 9.79. The number of allylic oxidation sites excluding steroid dienone is 8. The van der Waals surface area contributed by atoms with Crippen molar-refractivity contribution in [1.82, 2.24) is 0 Å². The summed E-state index contributed by atoms with van der Waals surface area (Å²) in [7, 11) is 0. The minimum absolute atomic E-state index is 0.139. The van der Waals surface area contributed by atoms with Crippen molar-refractivity contribution < 1.29 is 19.2 Å². The van der Waals surface area contributed by atoms with Crippen LogP contribution in [0.15, 0.2) is 109 Å². The van der Waals surface area contributed by atoms with Gasteiger partial charge < -0.3 is 0 Å². The molecule has 0 fully saturated rings. The Morgan fingerprint density at radius 3 is 1.17 bits per heavy atom. The Balaban J connectivity index is 0.000000136. The molecule has 0 amide bonds. The molecule has 4 rings (SSSR count). The predicted molar refractivity (Wildman–Crippen MR) is 95.9 cm³/mol. The van der Waals surface area contributed by atoms with Gasteiger partial charge >= 0.3 is 76.2 Å². The molecule has 0 aliphatic heterocycles. The molecule has 0 bridgehead atoms. The van der Waals surface area contributed by atoms with Crippen LogP contribution in [-0.2, 0) is 19.2 Å². The van der Waals surface area contributed by atoms with Crippen molar-refractivity contribution in [1.29, 1.82) is 0 Å². The maximum Gasteiger partial charge on any atom is -0.0184 e. The topological polar surface area (TPSA) is 0 Å². The van der Waals surface area contributed by atoms with Crippen LogP contribution in [0.1, 0.15) is 0 Å². The second-order valence-corrected chi connectivity index (χ2v) is 8.09. The Labute approximate surface area is 147 Å². The molecule has 0 saturated carbocycles. The van der Waals surface area contributed by atoms with Crippen molar-refractivity contribution in [2.45, 2.75) is 8.45 Å². The van der Waals surface area contributed by atoms with Gasteiger partial charge in [-0.3, -0.25) is 0 Å². The van der Waals surface area contributed by atoms with Crippen LogP contribution in [0.3, 0.4) is 0 Å². The van der Waals surface area contributed by atoms with E-state index in [0.717, 1.165) is 8.45 Å². The largest absolute Gasteiger partial charge is 0.0622 e. The maximum atomic E-state index is 2.32. The average Bonchev–Trinajstić information content (AvgIpc) is 3.32. The van der Waals surface area contributed by atoms with E-state index in [-0.39, 0.29) is 19.2 Å². The Kier molecular flexibility index (Phi) is 6.03. The molecule has 0 saturated heterocycles. The fourth-order valence-electron chi connectivity index (χ4n) is 2.57. The Bertz CT molecular complexity index is 621. The summed E-state index contributed by atoms with van der Waals surface area (Å²) in [4.78, 5) is 0. The number of rotatable bonds is 3. The summed E-state index contributed by atoms with van der Waals surface area (Å²) in [5, 5.41) is 0. The van der Waals surface area contributed by atoms with Gasteiger partial charge in [0.15, 0.2) is 0 Å². The summed E-state index contributed by atoms with van der Waals surface area (Å²) < 4.78 is 1.60. The standard InChI is InChI=1S/C12H10.2C5H5.Ti/c1-3-7-11(8-4-1)12-9-5-2-6-10-12;2*1-2-4-5-3-1;/h1-10H;2*1-5H;. The third-order valence-electron chi connectivity index (χ3n) is 3.76. The summed E-state index contributed by atoms with van der Waals surface area (Å²) in [6, 6.07) is 20.8. The van der Waals surface area contributed by atoms with Gasteiger partial charge in [-0.15, -0.1) is 0 Å². The zero-order valence-electron chi connectivity index (χ0n) is 13.0. The minimum atomic E-state index is 0.139. The third kappa shape index (κ3) is 5.06. The summed E-state index contributed by atoms with van der Waals surface area (Å²) in [6.07, 6.45) is 17.9. The van der Waals surface area contributed by atoms with E-state index >= 15 is 0 Å².